The van der Waals surface area contributed by atoms with Crippen LogP contribution in [0.4, 0.5) is 5.95 Å². The van der Waals surface area contributed by atoms with Crippen LogP contribution in [0.2, 0.25) is 0 Å². The lowest BCUT2D eigenvalue weighted by Crippen LogP contribution is -2.40. The normalized spacial score (nSPS) is 21.2. The van der Waals surface area contributed by atoms with Crippen LogP contribution in [-0.4, -0.2) is 39.5 Å². The molecule has 2 aromatic rings. The highest BCUT2D eigenvalue weighted by Gasteiger charge is 2.27. The first-order valence-electron chi connectivity index (χ1n) is 8.14. The number of nitrogens with two attached hydrogens (primary N) is 1. The van der Waals surface area contributed by atoms with Gasteiger partial charge in [-0.3, -0.25) is 9.36 Å². The molecule has 1 aliphatic heterocycles. The minimum Gasteiger partial charge on any atom is -0.467 e. The van der Waals surface area contributed by atoms with Crippen molar-refractivity contribution in [2.24, 2.45) is 17.6 Å². The van der Waals surface area contributed by atoms with Crippen LogP contribution in [0.1, 0.15) is 26.0 Å². The summed E-state index contributed by atoms with van der Waals surface area (Å²) in [6.07, 6.45) is 2.88. The molecule has 3 heterocycles. The van der Waals surface area contributed by atoms with Crippen molar-refractivity contribution in [1.82, 2.24) is 14.8 Å². The summed E-state index contributed by atoms with van der Waals surface area (Å²) >= 11 is 1.31. The zero-order valence-corrected chi connectivity index (χ0v) is 14.8. The highest BCUT2D eigenvalue weighted by molar-refractivity contribution is 7.99. The Morgan fingerprint density at radius 1 is 1.38 bits per heavy atom. The first-order valence-corrected chi connectivity index (χ1v) is 9.13. The molecule has 1 aliphatic rings. The third-order valence-electron chi connectivity index (χ3n) is 4.09. The number of carbonyl (C=O) groups is 1. The summed E-state index contributed by atoms with van der Waals surface area (Å²) in [4.78, 5) is 13.4. The van der Waals surface area contributed by atoms with Crippen molar-refractivity contribution in [3.05, 3.63) is 24.2 Å². The fraction of sp³-hybridized carbons (Fsp3) is 0.562. The van der Waals surface area contributed by atoms with Crippen LogP contribution in [0.3, 0.4) is 0 Å². The molecule has 0 spiro atoms. The van der Waals surface area contributed by atoms with Gasteiger partial charge in [-0.2, -0.15) is 0 Å². The molecule has 2 atom stereocenters. The maximum atomic E-state index is 11.1. The summed E-state index contributed by atoms with van der Waals surface area (Å²) in [5, 5.41) is 9.36. The number of furan rings is 1. The number of primary amides is 1. The Hall–Kier alpha value is -1.96. The van der Waals surface area contributed by atoms with Gasteiger partial charge in [0.25, 0.3) is 0 Å². The Labute approximate surface area is 145 Å². The number of aromatic nitrogens is 3. The third kappa shape index (κ3) is 3.92. The van der Waals surface area contributed by atoms with Crippen LogP contribution in [0.5, 0.6) is 0 Å². The quantitative estimate of drug-likeness (QED) is 0.802. The summed E-state index contributed by atoms with van der Waals surface area (Å²) in [5.41, 5.74) is 5.27. The average Bonchev–Trinajstić information content (AvgIpc) is 3.14. The number of thioether (sulfide) groups is 1. The van der Waals surface area contributed by atoms with Gasteiger partial charge in [0.2, 0.25) is 11.9 Å². The predicted octanol–water partition coefficient (Wildman–Crippen LogP) is 1.98. The van der Waals surface area contributed by atoms with Crippen LogP contribution < -0.4 is 10.6 Å². The van der Waals surface area contributed by atoms with Gasteiger partial charge in [-0.05, 0) is 30.4 Å². The fourth-order valence-electron chi connectivity index (χ4n) is 3.28. The Morgan fingerprint density at radius 3 is 2.75 bits per heavy atom. The van der Waals surface area contributed by atoms with E-state index in [-0.39, 0.29) is 11.7 Å². The summed E-state index contributed by atoms with van der Waals surface area (Å²) in [6, 6.07) is 3.79. The number of amides is 1. The first-order chi connectivity index (χ1) is 11.5. The molecule has 2 N–H and O–H groups in total. The lowest BCUT2D eigenvalue weighted by Gasteiger charge is -2.35. The molecule has 3 rings (SSSR count). The minimum atomic E-state index is -0.366. The predicted molar refractivity (Wildman–Crippen MR) is 92.9 cm³/mol. The van der Waals surface area contributed by atoms with Crippen molar-refractivity contribution >= 4 is 23.6 Å². The zero-order valence-electron chi connectivity index (χ0n) is 14.0. The van der Waals surface area contributed by atoms with Crippen molar-refractivity contribution in [2.75, 3.05) is 23.7 Å². The molecule has 0 aromatic carbocycles. The molecular formula is C16H23N5O2S. The summed E-state index contributed by atoms with van der Waals surface area (Å²) in [7, 11) is 0. The summed E-state index contributed by atoms with van der Waals surface area (Å²) in [6.45, 7) is 6.98. The number of nitrogens with zero attached hydrogens (tertiary/aromatic N) is 4. The standard InChI is InChI=1S/C16H23N5O2S/c1-11-6-12(2)8-20(7-11)15-18-19-16(24-10-14(17)22)21(15)9-13-4-3-5-23-13/h3-5,11-12H,6-10H2,1-2H3,(H2,17,22)/t11-,12+. The van der Waals surface area contributed by atoms with Gasteiger partial charge >= 0.3 is 0 Å². The Balaban J connectivity index is 1.88. The fourth-order valence-corrected chi connectivity index (χ4v) is 3.95. The van der Waals surface area contributed by atoms with Crippen LogP contribution in [0.15, 0.2) is 28.0 Å². The van der Waals surface area contributed by atoms with E-state index in [0.29, 0.717) is 23.5 Å². The summed E-state index contributed by atoms with van der Waals surface area (Å²) in [5.74, 6) is 2.71. The van der Waals surface area contributed by atoms with E-state index in [2.05, 4.69) is 28.9 Å². The van der Waals surface area contributed by atoms with Gasteiger partial charge in [0, 0.05) is 13.1 Å². The monoisotopic (exact) mass is 349 g/mol. The van der Waals surface area contributed by atoms with E-state index in [0.717, 1.165) is 24.8 Å². The molecule has 0 unspecified atom stereocenters. The Morgan fingerprint density at radius 2 is 2.12 bits per heavy atom. The zero-order chi connectivity index (χ0) is 17.1. The van der Waals surface area contributed by atoms with Crippen LogP contribution >= 0.6 is 11.8 Å². The Bertz CT molecular complexity index is 675. The van der Waals surface area contributed by atoms with Gasteiger partial charge in [0.1, 0.15) is 5.76 Å². The number of piperidine rings is 1. The molecule has 24 heavy (non-hydrogen) atoms. The number of anilines is 1. The van der Waals surface area contributed by atoms with Gasteiger partial charge in [0.05, 0.1) is 18.6 Å². The molecule has 2 aromatic heterocycles. The smallest absolute Gasteiger partial charge is 0.228 e. The lowest BCUT2D eigenvalue weighted by atomic mass is 9.92. The van der Waals surface area contributed by atoms with Crippen LogP contribution in [0.25, 0.3) is 0 Å². The van der Waals surface area contributed by atoms with Gasteiger partial charge in [-0.1, -0.05) is 25.6 Å². The third-order valence-corrected chi connectivity index (χ3v) is 5.08. The molecule has 0 bridgehead atoms. The molecule has 0 saturated carbocycles. The molecule has 1 amide bonds. The van der Waals surface area contributed by atoms with Crippen LogP contribution in [-0.2, 0) is 11.3 Å². The second kappa shape index (κ2) is 7.29. The lowest BCUT2D eigenvalue weighted by molar-refractivity contribution is -0.115. The average molecular weight is 349 g/mol. The van der Waals surface area contributed by atoms with Gasteiger partial charge < -0.3 is 15.1 Å². The van der Waals surface area contributed by atoms with Crippen molar-refractivity contribution in [3.8, 4) is 0 Å². The SMILES string of the molecule is C[C@@H]1C[C@H](C)CN(c2nnc(SCC(N)=O)n2Cc2ccco2)C1. The van der Waals surface area contributed by atoms with Crippen molar-refractivity contribution in [3.63, 3.8) is 0 Å². The number of hydrogen-bond donors (Lipinski definition) is 1. The van der Waals surface area contributed by atoms with Crippen LogP contribution in [0, 0.1) is 11.8 Å². The van der Waals surface area contributed by atoms with E-state index in [1.807, 2.05) is 16.7 Å². The van der Waals surface area contributed by atoms with E-state index in [9.17, 15) is 4.79 Å². The number of carbonyl (C=O) groups excluding carboxylic acids is 1. The first kappa shape index (κ1) is 16.9. The number of rotatable bonds is 6. The van der Waals surface area contributed by atoms with Crippen molar-refractivity contribution < 1.29 is 9.21 Å². The second-order valence-corrected chi connectivity index (χ2v) is 7.50. The topological polar surface area (TPSA) is 90.2 Å². The Kier molecular flexibility index (Phi) is 5.13. The van der Waals surface area contributed by atoms with E-state index in [1.165, 1.54) is 18.2 Å². The highest BCUT2D eigenvalue weighted by Crippen LogP contribution is 2.28. The largest absolute Gasteiger partial charge is 0.467 e. The molecule has 0 radical (unpaired) electrons. The molecule has 8 heteroatoms. The molecule has 0 aliphatic carbocycles. The molecule has 130 valence electrons. The van der Waals surface area contributed by atoms with E-state index in [4.69, 9.17) is 10.2 Å². The maximum Gasteiger partial charge on any atom is 0.228 e. The van der Waals surface area contributed by atoms with E-state index < -0.39 is 0 Å². The van der Waals surface area contributed by atoms with Gasteiger partial charge in [0.15, 0.2) is 5.16 Å². The van der Waals surface area contributed by atoms with Gasteiger partial charge in [-0.25, -0.2) is 0 Å². The van der Waals surface area contributed by atoms with E-state index in [1.54, 1.807) is 6.26 Å². The molecule has 1 fully saturated rings. The highest BCUT2D eigenvalue weighted by atomic mass is 32.2. The second-order valence-electron chi connectivity index (χ2n) is 6.55. The number of hydrogen-bond acceptors (Lipinski definition) is 6. The van der Waals surface area contributed by atoms with E-state index >= 15 is 0 Å². The van der Waals surface area contributed by atoms with Crippen molar-refractivity contribution in [2.45, 2.75) is 32.0 Å². The molecule has 1 saturated heterocycles. The summed E-state index contributed by atoms with van der Waals surface area (Å²) < 4.78 is 7.49. The minimum absolute atomic E-state index is 0.184. The molecule has 7 nitrogen and oxygen atoms in total. The van der Waals surface area contributed by atoms with Crippen molar-refractivity contribution in [1.29, 1.82) is 0 Å². The maximum absolute atomic E-state index is 11.1. The molecular weight excluding hydrogens is 326 g/mol. The van der Waals surface area contributed by atoms with Gasteiger partial charge in [-0.15, -0.1) is 10.2 Å².